The molecule has 1 aliphatic heterocycles. The van der Waals surface area contributed by atoms with Gasteiger partial charge in [0.1, 0.15) is 32.7 Å². The summed E-state index contributed by atoms with van der Waals surface area (Å²) in [6, 6.07) is 14.6. The summed E-state index contributed by atoms with van der Waals surface area (Å²) >= 11 is 0. The van der Waals surface area contributed by atoms with Gasteiger partial charge in [0, 0.05) is 18.7 Å². The van der Waals surface area contributed by atoms with E-state index in [9.17, 15) is 4.79 Å². The second-order valence-corrected chi connectivity index (χ2v) is 8.44. The lowest BCUT2D eigenvalue weighted by molar-refractivity contribution is -1.02. The molecular weight excluding hydrogens is 390 g/mol. The molecule has 31 heavy (non-hydrogen) atoms. The molecule has 2 aromatic rings. The third-order valence-electron chi connectivity index (χ3n) is 6.16. The minimum absolute atomic E-state index is 0.217. The van der Waals surface area contributed by atoms with Gasteiger partial charge in [0.2, 0.25) is 0 Å². The highest BCUT2D eigenvalue weighted by Gasteiger charge is 2.26. The number of hydrogen-bond acceptors (Lipinski definition) is 3. The molecule has 0 aliphatic carbocycles. The predicted octanol–water partition coefficient (Wildman–Crippen LogP) is 0.344. The molecule has 0 saturated carbocycles. The summed E-state index contributed by atoms with van der Waals surface area (Å²) in [5, 5.41) is 0. The fraction of sp³-hybridized carbons (Fsp3) is 0.480. The van der Waals surface area contributed by atoms with Crippen molar-refractivity contribution in [3.05, 3.63) is 59.2 Å². The van der Waals surface area contributed by atoms with Gasteiger partial charge in [-0.15, -0.1) is 0 Å². The maximum atomic E-state index is 13.0. The van der Waals surface area contributed by atoms with E-state index in [-0.39, 0.29) is 5.91 Å². The van der Waals surface area contributed by atoms with Gasteiger partial charge in [-0.1, -0.05) is 35.9 Å². The van der Waals surface area contributed by atoms with Crippen LogP contribution in [0.4, 0.5) is 0 Å². The summed E-state index contributed by atoms with van der Waals surface area (Å²) in [5.41, 5.74) is 3.78. The van der Waals surface area contributed by atoms with Crippen LogP contribution in [0.5, 0.6) is 11.5 Å². The topological polar surface area (TPSA) is 47.6 Å². The first-order valence-corrected chi connectivity index (χ1v) is 11.2. The molecule has 0 unspecified atom stereocenters. The number of aryl methyl sites for hydroxylation is 1. The van der Waals surface area contributed by atoms with Crippen molar-refractivity contribution in [1.82, 2.24) is 4.90 Å². The lowest BCUT2D eigenvalue weighted by Crippen LogP contribution is -3.28. The first-order chi connectivity index (χ1) is 15.0. The number of carbonyl (C=O) groups is 1. The first-order valence-electron chi connectivity index (χ1n) is 11.2. The number of hydrogen-bond donors (Lipinski definition) is 2. The van der Waals surface area contributed by atoms with Gasteiger partial charge in [-0.25, -0.2) is 0 Å². The number of rotatable bonds is 9. The molecule has 0 aromatic heterocycles. The summed E-state index contributed by atoms with van der Waals surface area (Å²) in [6.45, 7) is 11.4. The molecule has 6 nitrogen and oxygen atoms in total. The highest BCUT2D eigenvalue weighted by Crippen LogP contribution is 2.28. The number of carbonyl (C=O) groups excluding carboxylic acids is 1. The highest BCUT2D eigenvalue weighted by molar-refractivity contribution is 5.77. The summed E-state index contributed by atoms with van der Waals surface area (Å²) in [5.74, 6) is 1.62. The minimum atomic E-state index is 0.217. The zero-order valence-corrected chi connectivity index (χ0v) is 19.4. The standard InChI is InChI=1S/C25H35N3O3/c1-5-28(18-22-9-10-23(30-3)24(16-22)31-4)25(29)19-27-13-11-26(12-14-27)17-21-8-6-7-20(2)15-21/h6-10,15-16H,5,11-14,17-19H2,1-4H3/p+2. The number of methoxy groups -OCH3 is 2. The Bertz CT molecular complexity index is 863. The third kappa shape index (κ3) is 6.45. The van der Waals surface area contributed by atoms with Gasteiger partial charge in [-0.2, -0.15) is 0 Å². The van der Waals surface area contributed by atoms with Crippen molar-refractivity contribution in [1.29, 1.82) is 0 Å². The number of quaternary nitrogens is 2. The van der Waals surface area contributed by atoms with Crippen molar-refractivity contribution in [2.45, 2.75) is 26.9 Å². The number of amides is 1. The SMILES string of the molecule is CCN(Cc1ccc(OC)c(OC)c1)C(=O)C[NH+]1CC[NH+](Cc2cccc(C)c2)CC1. The maximum Gasteiger partial charge on any atom is 0.278 e. The van der Waals surface area contributed by atoms with Crippen LogP contribution in [0.25, 0.3) is 0 Å². The monoisotopic (exact) mass is 427 g/mol. The van der Waals surface area contributed by atoms with Crippen LogP contribution in [-0.2, 0) is 17.9 Å². The Kier molecular flexibility index (Phi) is 8.32. The van der Waals surface area contributed by atoms with Crippen molar-refractivity contribution >= 4 is 5.91 Å². The average Bonchev–Trinajstić information content (AvgIpc) is 2.78. The summed E-state index contributed by atoms with van der Waals surface area (Å²) in [7, 11) is 3.26. The van der Waals surface area contributed by atoms with Crippen molar-refractivity contribution in [2.75, 3.05) is 53.5 Å². The van der Waals surface area contributed by atoms with Gasteiger partial charge in [0.15, 0.2) is 18.0 Å². The number of piperazine rings is 1. The molecule has 168 valence electrons. The van der Waals surface area contributed by atoms with Crippen LogP contribution in [0.1, 0.15) is 23.6 Å². The number of nitrogens with zero attached hydrogens (tertiary/aromatic N) is 1. The average molecular weight is 428 g/mol. The molecule has 1 aliphatic rings. The largest absolute Gasteiger partial charge is 0.493 e. The Morgan fingerprint density at radius 3 is 2.29 bits per heavy atom. The zero-order chi connectivity index (χ0) is 22.2. The summed E-state index contributed by atoms with van der Waals surface area (Å²) in [4.78, 5) is 17.9. The third-order valence-corrected chi connectivity index (χ3v) is 6.16. The number of likely N-dealkylation sites (N-methyl/N-ethyl adjacent to an activating group) is 1. The zero-order valence-electron chi connectivity index (χ0n) is 19.4. The number of benzene rings is 2. The Balaban J connectivity index is 1.50. The van der Waals surface area contributed by atoms with Crippen molar-refractivity contribution < 1.29 is 24.1 Å². The van der Waals surface area contributed by atoms with Gasteiger partial charge in [0.25, 0.3) is 5.91 Å². The maximum absolute atomic E-state index is 13.0. The van der Waals surface area contributed by atoms with E-state index in [0.29, 0.717) is 31.1 Å². The Morgan fingerprint density at radius 2 is 1.65 bits per heavy atom. The van der Waals surface area contributed by atoms with E-state index >= 15 is 0 Å². The molecule has 0 radical (unpaired) electrons. The molecule has 1 amide bonds. The van der Waals surface area contributed by atoms with Gasteiger partial charge in [-0.3, -0.25) is 4.79 Å². The Hall–Kier alpha value is -2.57. The van der Waals surface area contributed by atoms with Crippen molar-refractivity contribution in [2.24, 2.45) is 0 Å². The molecule has 1 fully saturated rings. The van der Waals surface area contributed by atoms with E-state index in [1.54, 1.807) is 19.1 Å². The molecule has 0 bridgehead atoms. The van der Waals surface area contributed by atoms with Gasteiger partial charge >= 0.3 is 0 Å². The van der Waals surface area contributed by atoms with E-state index in [1.807, 2.05) is 30.0 Å². The van der Waals surface area contributed by atoms with Gasteiger partial charge in [0.05, 0.1) is 14.2 Å². The van der Waals surface area contributed by atoms with Crippen LogP contribution in [-0.4, -0.2) is 64.3 Å². The second-order valence-electron chi connectivity index (χ2n) is 8.44. The van der Waals surface area contributed by atoms with Crippen molar-refractivity contribution in [3.63, 3.8) is 0 Å². The highest BCUT2D eigenvalue weighted by atomic mass is 16.5. The van der Waals surface area contributed by atoms with Crippen LogP contribution >= 0.6 is 0 Å². The first kappa shape index (κ1) is 23.1. The van der Waals surface area contributed by atoms with E-state index in [4.69, 9.17) is 9.47 Å². The quantitative estimate of drug-likeness (QED) is 0.607. The predicted molar refractivity (Wildman–Crippen MR) is 122 cm³/mol. The van der Waals surface area contributed by atoms with Crippen LogP contribution in [0.3, 0.4) is 0 Å². The smallest absolute Gasteiger partial charge is 0.278 e. The van der Waals surface area contributed by atoms with Crippen LogP contribution in [0, 0.1) is 6.92 Å². The molecule has 0 spiro atoms. The minimum Gasteiger partial charge on any atom is -0.493 e. The van der Waals surface area contributed by atoms with E-state index in [0.717, 1.165) is 38.3 Å². The van der Waals surface area contributed by atoms with Crippen LogP contribution < -0.4 is 19.3 Å². The van der Waals surface area contributed by atoms with Gasteiger partial charge < -0.3 is 24.2 Å². The fourth-order valence-corrected chi connectivity index (χ4v) is 4.32. The number of nitrogens with one attached hydrogen (secondary N) is 2. The summed E-state index contributed by atoms with van der Waals surface area (Å²) in [6.07, 6.45) is 0. The van der Waals surface area contributed by atoms with E-state index < -0.39 is 0 Å². The molecule has 1 saturated heterocycles. The molecule has 3 rings (SSSR count). The van der Waals surface area contributed by atoms with Crippen molar-refractivity contribution in [3.8, 4) is 11.5 Å². The fourth-order valence-electron chi connectivity index (χ4n) is 4.32. The van der Waals surface area contributed by atoms with E-state index in [2.05, 4.69) is 31.2 Å². The molecule has 2 N–H and O–H groups in total. The van der Waals surface area contributed by atoms with Gasteiger partial charge in [-0.05, 0) is 31.5 Å². The second kappa shape index (κ2) is 11.2. The molecule has 6 heteroatoms. The lowest BCUT2D eigenvalue weighted by atomic mass is 10.1. The lowest BCUT2D eigenvalue weighted by Gasteiger charge is -2.31. The molecule has 1 heterocycles. The van der Waals surface area contributed by atoms with Crippen LogP contribution in [0.2, 0.25) is 0 Å². The molecule has 0 atom stereocenters. The van der Waals surface area contributed by atoms with E-state index in [1.165, 1.54) is 16.0 Å². The Morgan fingerprint density at radius 1 is 0.935 bits per heavy atom. The number of ether oxygens (including phenoxy) is 2. The Labute approximate surface area is 186 Å². The van der Waals surface area contributed by atoms with Crippen LogP contribution in [0.15, 0.2) is 42.5 Å². The normalized spacial score (nSPS) is 18.5. The molecular formula is C25H37N3O3+2. The summed E-state index contributed by atoms with van der Waals surface area (Å²) < 4.78 is 10.7. The molecule has 2 aromatic carbocycles.